The largest absolute Gasteiger partial charge is 0.394 e. The van der Waals surface area contributed by atoms with E-state index in [9.17, 15) is 9.59 Å². The highest BCUT2D eigenvalue weighted by atomic mass is 16.3. The monoisotopic (exact) mass is 217 g/mol. The molecular formula is C9H19N3O3. The maximum Gasteiger partial charge on any atom is 0.309 e. The van der Waals surface area contributed by atoms with Crippen LogP contribution in [-0.4, -0.2) is 42.7 Å². The molecule has 0 aromatic rings. The van der Waals surface area contributed by atoms with Crippen molar-refractivity contribution in [2.75, 3.05) is 19.7 Å². The standard InChI is InChI=1S/C9H19N3O3/c1-6(2)7(5-13)12-9(15)8(14)11-4-3-10/h6-7,13H,3-5,10H2,1-2H3,(H,11,14)(H,12,15)/t7-/m1/s1. The molecule has 88 valence electrons. The zero-order valence-corrected chi connectivity index (χ0v) is 9.12. The van der Waals surface area contributed by atoms with Gasteiger partial charge in [0.15, 0.2) is 0 Å². The van der Waals surface area contributed by atoms with E-state index in [0.29, 0.717) is 0 Å². The number of carbonyl (C=O) groups excluding carboxylic acids is 2. The summed E-state index contributed by atoms with van der Waals surface area (Å²) in [6.07, 6.45) is 0. The van der Waals surface area contributed by atoms with Crippen LogP contribution in [0.4, 0.5) is 0 Å². The highest BCUT2D eigenvalue weighted by Gasteiger charge is 2.19. The molecule has 0 aromatic carbocycles. The fraction of sp³-hybridized carbons (Fsp3) is 0.778. The number of hydrogen-bond acceptors (Lipinski definition) is 4. The molecule has 0 saturated carbocycles. The zero-order valence-electron chi connectivity index (χ0n) is 9.12. The number of nitrogens with two attached hydrogens (primary N) is 1. The molecule has 5 N–H and O–H groups in total. The molecule has 15 heavy (non-hydrogen) atoms. The Morgan fingerprint density at radius 3 is 2.33 bits per heavy atom. The van der Waals surface area contributed by atoms with Gasteiger partial charge in [0.05, 0.1) is 12.6 Å². The van der Waals surface area contributed by atoms with Crippen LogP contribution in [0.15, 0.2) is 0 Å². The van der Waals surface area contributed by atoms with Gasteiger partial charge in [-0.1, -0.05) is 13.8 Å². The van der Waals surface area contributed by atoms with Crippen molar-refractivity contribution in [2.24, 2.45) is 11.7 Å². The Morgan fingerprint density at radius 1 is 1.33 bits per heavy atom. The van der Waals surface area contributed by atoms with Crippen molar-refractivity contribution in [3.63, 3.8) is 0 Å². The second kappa shape index (κ2) is 7.19. The van der Waals surface area contributed by atoms with Crippen LogP contribution in [0.1, 0.15) is 13.8 Å². The van der Waals surface area contributed by atoms with E-state index in [-0.39, 0.29) is 25.6 Å². The lowest BCUT2D eigenvalue weighted by molar-refractivity contribution is -0.139. The van der Waals surface area contributed by atoms with E-state index in [4.69, 9.17) is 10.8 Å². The second-order valence-corrected chi connectivity index (χ2v) is 3.55. The first-order chi connectivity index (χ1) is 7.02. The number of rotatable bonds is 5. The summed E-state index contributed by atoms with van der Waals surface area (Å²) in [6, 6.07) is -0.402. The lowest BCUT2D eigenvalue weighted by Crippen LogP contribution is -2.48. The number of amides is 2. The Labute approximate surface area is 89.2 Å². The van der Waals surface area contributed by atoms with E-state index in [1.165, 1.54) is 0 Å². The molecule has 0 unspecified atom stereocenters. The molecule has 0 aromatic heterocycles. The molecule has 2 amide bonds. The predicted octanol–water partition coefficient (Wildman–Crippen LogP) is -1.81. The van der Waals surface area contributed by atoms with Gasteiger partial charge in [-0.05, 0) is 5.92 Å². The lowest BCUT2D eigenvalue weighted by atomic mass is 10.1. The molecule has 0 bridgehead atoms. The van der Waals surface area contributed by atoms with Gasteiger partial charge in [-0.2, -0.15) is 0 Å². The minimum atomic E-state index is -0.740. The summed E-state index contributed by atoms with van der Waals surface area (Å²) in [5.74, 6) is -1.39. The molecule has 6 nitrogen and oxygen atoms in total. The van der Waals surface area contributed by atoms with Crippen molar-refractivity contribution in [1.29, 1.82) is 0 Å². The van der Waals surface area contributed by atoms with Crippen LogP contribution in [0.2, 0.25) is 0 Å². The predicted molar refractivity (Wildman–Crippen MR) is 55.9 cm³/mol. The van der Waals surface area contributed by atoms with Gasteiger partial charge in [-0.3, -0.25) is 9.59 Å². The summed E-state index contributed by atoms with van der Waals surface area (Å²) in [4.78, 5) is 22.4. The van der Waals surface area contributed by atoms with Crippen LogP contribution in [0.5, 0.6) is 0 Å². The van der Waals surface area contributed by atoms with Gasteiger partial charge in [0, 0.05) is 13.1 Å². The van der Waals surface area contributed by atoms with E-state index in [0.717, 1.165) is 0 Å². The summed E-state index contributed by atoms with van der Waals surface area (Å²) >= 11 is 0. The van der Waals surface area contributed by atoms with Gasteiger partial charge in [-0.25, -0.2) is 0 Å². The van der Waals surface area contributed by atoms with Gasteiger partial charge in [0.25, 0.3) is 0 Å². The quantitative estimate of drug-likeness (QED) is 0.408. The first-order valence-electron chi connectivity index (χ1n) is 4.92. The molecule has 0 aliphatic rings. The molecular weight excluding hydrogens is 198 g/mol. The first-order valence-corrected chi connectivity index (χ1v) is 4.92. The topological polar surface area (TPSA) is 104 Å². The molecule has 0 heterocycles. The number of aliphatic hydroxyl groups is 1. The second-order valence-electron chi connectivity index (χ2n) is 3.55. The third-order valence-corrected chi connectivity index (χ3v) is 1.95. The molecule has 6 heteroatoms. The Hall–Kier alpha value is -1.14. The minimum absolute atomic E-state index is 0.0706. The van der Waals surface area contributed by atoms with E-state index < -0.39 is 17.9 Å². The molecule has 0 radical (unpaired) electrons. The van der Waals surface area contributed by atoms with Gasteiger partial charge < -0.3 is 21.5 Å². The number of carbonyl (C=O) groups is 2. The highest BCUT2D eigenvalue weighted by Crippen LogP contribution is 1.99. The van der Waals surface area contributed by atoms with Crippen LogP contribution in [0.25, 0.3) is 0 Å². The molecule has 0 spiro atoms. The van der Waals surface area contributed by atoms with Crippen LogP contribution in [0.3, 0.4) is 0 Å². The number of nitrogens with one attached hydrogen (secondary N) is 2. The van der Waals surface area contributed by atoms with Crippen molar-refractivity contribution < 1.29 is 14.7 Å². The fourth-order valence-corrected chi connectivity index (χ4v) is 0.923. The molecule has 0 rings (SSSR count). The summed E-state index contributed by atoms with van der Waals surface area (Å²) in [6.45, 7) is 4.05. The van der Waals surface area contributed by atoms with Crippen molar-refractivity contribution in [2.45, 2.75) is 19.9 Å². The van der Waals surface area contributed by atoms with Crippen LogP contribution >= 0.6 is 0 Å². The van der Waals surface area contributed by atoms with E-state index >= 15 is 0 Å². The van der Waals surface area contributed by atoms with Crippen molar-refractivity contribution in [1.82, 2.24) is 10.6 Å². The van der Waals surface area contributed by atoms with Crippen LogP contribution in [0, 0.1) is 5.92 Å². The maximum atomic E-state index is 11.2. The van der Waals surface area contributed by atoms with Crippen molar-refractivity contribution >= 4 is 11.8 Å². The van der Waals surface area contributed by atoms with Gasteiger partial charge >= 0.3 is 11.8 Å². The normalized spacial score (nSPS) is 12.3. The highest BCUT2D eigenvalue weighted by molar-refractivity contribution is 6.35. The summed E-state index contributed by atoms with van der Waals surface area (Å²) in [5.41, 5.74) is 5.17. The number of hydrogen-bond donors (Lipinski definition) is 4. The minimum Gasteiger partial charge on any atom is -0.394 e. The summed E-state index contributed by atoms with van der Waals surface area (Å²) in [7, 11) is 0. The Kier molecular flexibility index (Phi) is 6.64. The average molecular weight is 217 g/mol. The molecule has 0 aliphatic carbocycles. The molecule has 0 aliphatic heterocycles. The molecule has 0 fully saturated rings. The Balaban J connectivity index is 4.04. The Bertz CT molecular complexity index is 219. The third-order valence-electron chi connectivity index (χ3n) is 1.95. The SMILES string of the molecule is CC(C)[C@@H](CO)NC(=O)C(=O)NCCN. The van der Waals surface area contributed by atoms with E-state index in [2.05, 4.69) is 10.6 Å². The third kappa shape index (κ3) is 5.34. The maximum absolute atomic E-state index is 11.2. The Morgan fingerprint density at radius 2 is 1.93 bits per heavy atom. The fourth-order valence-electron chi connectivity index (χ4n) is 0.923. The van der Waals surface area contributed by atoms with Crippen molar-refractivity contribution in [3.05, 3.63) is 0 Å². The number of aliphatic hydroxyl groups excluding tert-OH is 1. The first kappa shape index (κ1) is 13.9. The van der Waals surface area contributed by atoms with E-state index in [1.54, 1.807) is 0 Å². The molecule has 0 saturated heterocycles. The lowest BCUT2D eigenvalue weighted by Gasteiger charge is -2.19. The average Bonchev–Trinajstić information content (AvgIpc) is 2.21. The van der Waals surface area contributed by atoms with Crippen molar-refractivity contribution in [3.8, 4) is 0 Å². The summed E-state index contributed by atoms with van der Waals surface area (Å²) < 4.78 is 0. The van der Waals surface area contributed by atoms with Gasteiger partial charge in [0.2, 0.25) is 0 Å². The smallest absolute Gasteiger partial charge is 0.309 e. The molecule has 1 atom stereocenters. The zero-order chi connectivity index (χ0) is 11.8. The van der Waals surface area contributed by atoms with Crippen LogP contribution in [-0.2, 0) is 9.59 Å². The van der Waals surface area contributed by atoms with Gasteiger partial charge in [0.1, 0.15) is 0 Å². The van der Waals surface area contributed by atoms with E-state index in [1.807, 2.05) is 13.8 Å². The summed E-state index contributed by atoms with van der Waals surface area (Å²) in [5, 5.41) is 13.7. The van der Waals surface area contributed by atoms with Crippen LogP contribution < -0.4 is 16.4 Å². The van der Waals surface area contributed by atoms with Gasteiger partial charge in [-0.15, -0.1) is 0 Å².